The Labute approximate surface area is 161 Å². The second kappa shape index (κ2) is 8.60. The molecule has 0 saturated heterocycles. The summed E-state index contributed by atoms with van der Waals surface area (Å²) >= 11 is 0. The van der Waals surface area contributed by atoms with Gasteiger partial charge in [-0.05, 0) is 35.4 Å². The first kappa shape index (κ1) is 18.8. The Kier molecular flexibility index (Phi) is 5.78. The van der Waals surface area contributed by atoms with E-state index in [1.165, 1.54) is 36.4 Å². The first-order valence-corrected chi connectivity index (χ1v) is 8.40. The third-order valence-electron chi connectivity index (χ3n) is 4.01. The molecule has 3 rings (SSSR count). The Hall–Kier alpha value is -3.98. The van der Waals surface area contributed by atoms with Gasteiger partial charge in [0, 0.05) is 17.7 Å². The summed E-state index contributed by atoms with van der Waals surface area (Å²) in [7, 11) is 0. The van der Waals surface area contributed by atoms with Crippen LogP contribution in [0.25, 0.3) is 11.6 Å². The summed E-state index contributed by atoms with van der Waals surface area (Å²) in [6.07, 6.45) is 1.66. The van der Waals surface area contributed by atoms with E-state index in [2.05, 4.69) is 6.07 Å². The van der Waals surface area contributed by atoms with Crippen LogP contribution in [-0.2, 0) is 6.61 Å². The van der Waals surface area contributed by atoms with Gasteiger partial charge in [-0.3, -0.25) is 10.1 Å². The second-order valence-electron chi connectivity index (χ2n) is 5.93. The summed E-state index contributed by atoms with van der Waals surface area (Å²) in [5, 5.41) is 20.4. The maximum Gasteiger partial charge on any atom is 0.269 e. The number of allylic oxidation sites excluding steroid dienone is 1. The van der Waals surface area contributed by atoms with Crippen LogP contribution in [0, 0.1) is 27.3 Å². The lowest BCUT2D eigenvalue weighted by Gasteiger charge is -2.10. The molecule has 0 bridgehead atoms. The number of nitro benzene ring substituents is 1. The normalized spacial score (nSPS) is 10.9. The highest BCUT2D eigenvalue weighted by Gasteiger charge is 2.08. The van der Waals surface area contributed by atoms with Gasteiger partial charge in [0.25, 0.3) is 5.69 Å². The Morgan fingerprint density at radius 1 is 1.11 bits per heavy atom. The summed E-state index contributed by atoms with van der Waals surface area (Å²) in [5.41, 5.74) is 2.29. The molecular formula is C22H15FN2O3. The van der Waals surface area contributed by atoms with E-state index in [-0.39, 0.29) is 18.1 Å². The van der Waals surface area contributed by atoms with E-state index in [1.807, 2.05) is 6.07 Å². The zero-order valence-electron chi connectivity index (χ0n) is 14.7. The van der Waals surface area contributed by atoms with Gasteiger partial charge >= 0.3 is 0 Å². The van der Waals surface area contributed by atoms with E-state index in [0.717, 1.165) is 0 Å². The minimum Gasteiger partial charge on any atom is -0.488 e. The number of ether oxygens (including phenoxy) is 1. The Morgan fingerprint density at radius 3 is 2.57 bits per heavy atom. The number of halogens is 1. The molecule has 0 spiro atoms. The van der Waals surface area contributed by atoms with E-state index in [0.29, 0.717) is 28.0 Å². The lowest BCUT2D eigenvalue weighted by atomic mass is 10.0. The van der Waals surface area contributed by atoms with Crippen LogP contribution in [0.1, 0.15) is 16.7 Å². The van der Waals surface area contributed by atoms with Gasteiger partial charge in [0.05, 0.1) is 16.6 Å². The number of nitrogens with zero attached hydrogens (tertiary/aromatic N) is 2. The molecule has 0 saturated carbocycles. The first-order chi connectivity index (χ1) is 13.6. The monoisotopic (exact) mass is 374 g/mol. The Balaban J connectivity index is 1.85. The summed E-state index contributed by atoms with van der Waals surface area (Å²) in [4.78, 5) is 10.4. The van der Waals surface area contributed by atoms with Crippen molar-refractivity contribution in [1.82, 2.24) is 0 Å². The molecule has 6 heteroatoms. The fourth-order valence-corrected chi connectivity index (χ4v) is 2.62. The smallest absolute Gasteiger partial charge is 0.269 e. The lowest BCUT2D eigenvalue weighted by Crippen LogP contribution is -1.98. The van der Waals surface area contributed by atoms with Crippen LogP contribution < -0.4 is 4.74 Å². The van der Waals surface area contributed by atoms with Crippen molar-refractivity contribution in [3.8, 4) is 11.8 Å². The van der Waals surface area contributed by atoms with Gasteiger partial charge in [0.2, 0.25) is 0 Å². The van der Waals surface area contributed by atoms with Crippen molar-refractivity contribution in [2.75, 3.05) is 0 Å². The molecule has 0 heterocycles. The third kappa shape index (κ3) is 4.59. The third-order valence-corrected chi connectivity index (χ3v) is 4.01. The van der Waals surface area contributed by atoms with Crippen LogP contribution in [-0.4, -0.2) is 4.92 Å². The number of hydrogen-bond donors (Lipinski definition) is 0. The van der Waals surface area contributed by atoms with E-state index in [4.69, 9.17) is 4.74 Å². The maximum atomic E-state index is 13.1. The number of para-hydroxylation sites is 1. The Bertz CT molecular complexity index is 1070. The second-order valence-corrected chi connectivity index (χ2v) is 5.93. The molecule has 0 atom stereocenters. The van der Waals surface area contributed by atoms with Gasteiger partial charge in [0.15, 0.2) is 0 Å². The highest BCUT2D eigenvalue weighted by Crippen LogP contribution is 2.26. The van der Waals surface area contributed by atoms with E-state index >= 15 is 0 Å². The lowest BCUT2D eigenvalue weighted by molar-refractivity contribution is -0.384. The highest BCUT2D eigenvalue weighted by atomic mass is 19.1. The molecule has 0 aliphatic rings. The van der Waals surface area contributed by atoms with Gasteiger partial charge in [-0.2, -0.15) is 5.26 Å². The average Bonchev–Trinajstić information content (AvgIpc) is 2.72. The SMILES string of the molecule is N#CC(=Cc1ccccc1OCc1cccc([N+](=O)[O-])c1)c1ccc(F)cc1. The average molecular weight is 374 g/mol. The molecule has 3 aromatic carbocycles. The zero-order valence-corrected chi connectivity index (χ0v) is 14.7. The van der Waals surface area contributed by atoms with Crippen molar-refractivity contribution in [1.29, 1.82) is 5.26 Å². The van der Waals surface area contributed by atoms with Gasteiger partial charge in [-0.25, -0.2) is 4.39 Å². The predicted molar refractivity (Wildman–Crippen MR) is 104 cm³/mol. The van der Waals surface area contributed by atoms with E-state index in [9.17, 15) is 19.8 Å². The van der Waals surface area contributed by atoms with E-state index in [1.54, 1.807) is 36.4 Å². The minimum absolute atomic E-state index is 0.00245. The number of nitriles is 1. The van der Waals surface area contributed by atoms with Crippen molar-refractivity contribution in [2.45, 2.75) is 6.61 Å². The standard InChI is InChI=1S/C22H15FN2O3/c23-20-10-8-17(9-11-20)19(14-24)13-18-5-1-2-7-22(18)28-15-16-4-3-6-21(12-16)25(26)27/h1-13H,15H2. The number of hydrogen-bond acceptors (Lipinski definition) is 4. The summed E-state index contributed by atoms with van der Waals surface area (Å²) in [6.45, 7) is 0.144. The van der Waals surface area contributed by atoms with Crippen LogP contribution in [0.5, 0.6) is 5.75 Å². The molecule has 0 aliphatic heterocycles. The quantitative estimate of drug-likeness (QED) is 0.251. The molecule has 0 aliphatic carbocycles. The van der Waals surface area contributed by atoms with Gasteiger partial charge in [-0.1, -0.05) is 42.5 Å². The van der Waals surface area contributed by atoms with Crippen LogP contribution in [0.2, 0.25) is 0 Å². The summed E-state index contributed by atoms with van der Waals surface area (Å²) in [5.74, 6) is 0.158. The largest absolute Gasteiger partial charge is 0.488 e. The van der Waals surface area contributed by atoms with Crippen molar-refractivity contribution < 1.29 is 14.1 Å². The number of nitro groups is 1. The molecule has 0 aromatic heterocycles. The molecule has 0 unspecified atom stereocenters. The molecule has 28 heavy (non-hydrogen) atoms. The predicted octanol–water partition coefficient (Wildman–Crippen LogP) is 5.38. The number of rotatable bonds is 6. The van der Waals surface area contributed by atoms with Crippen LogP contribution in [0.3, 0.4) is 0 Å². The molecular weight excluding hydrogens is 359 g/mol. The van der Waals surface area contributed by atoms with Crippen molar-refractivity contribution >= 4 is 17.3 Å². The number of non-ortho nitro benzene ring substituents is 1. The Morgan fingerprint density at radius 2 is 1.86 bits per heavy atom. The van der Waals surface area contributed by atoms with Crippen LogP contribution >= 0.6 is 0 Å². The highest BCUT2D eigenvalue weighted by molar-refractivity contribution is 5.90. The molecule has 0 fully saturated rings. The molecule has 5 nitrogen and oxygen atoms in total. The maximum absolute atomic E-state index is 13.1. The molecule has 0 radical (unpaired) electrons. The molecule has 138 valence electrons. The fourth-order valence-electron chi connectivity index (χ4n) is 2.62. The van der Waals surface area contributed by atoms with Crippen LogP contribution in [0.15, 0.2) is 72.8 Å². The van der Waals surface area contributed by atoms with Gasteiger partial charge in [-0.15, -0.1) is 0 Å². The van der Waals surface area contributed by atoms with Gasteiger partial charge in [0.1, 0.15) is 18.2 Å². The van der Waals surface area contributed by atoms with Crippen molar-refractivity contribution in [3.63, 3.8) is 0 Å². The van der Waals surface area contributed by atoms with E-state index < -0.39 is 4.92 Å². The topological polar surface area (TPSA) is 76.2 Å². The zero-order chi connectivity index (χ0) is 19.9. The van der Waals surface area contributed by atoms with Gasteiger partial charge < -0.3 is 4.74 Å². The first-order valence-electron chi connectivity index (χ1n) is 8.40. The summed E-state index contributed by atoms with van der Waals surface area (Å²) < 4.78 is 18.9. The van der Waals surface area contributed by atoms with Crippen molar-refractivity contribution in [3.05, 3.63) is 105 Å². The molecule has 0 amide bonds. The number of benzene rings is 3. The van der Waals surface area contributed by atoms with Crippen molar-refractivity contribution in [2.24, 2.45) is 0 Å². The fraction of sp³-hybridized carbons (Fsp3) is 0.0455. The molecule has 3 aromatic rings. The molecule has 0 N–H and O–H groups in total. The summed E-state index contributed by atoms with van der Waals surface area (Å²) in [6, 6.07) is 21.2. The van der Waals surface area contributed by atoms with Crippen LogP contribution in [0.4, 0.5) is 10.1 Å². The minimum atomic E-state index is -0.456.